The van der Waals surface area contributed by atoms with Gasteiger partial charge in [0.2, 0.25) is 0 Å². The Balaban J connectivity index is 2.29. The van der Waals surface area contributed by atoms with Gasteiger partial charge in [-0.1, -0.05) is 0 Å². The van der Waals surface area contributed by atoms with Crippen molar-refractivity contribution >= 4 is 44.4 Å². The molecule has 0 fully saturated rings. The fourth-order valence-electron chi connectivity index (χ4n) is 5.80. The topological polar surface area (TPSA) is 57.4 Å². The largest absolute Gasteiger partial charge is 0.419 e. The Labute approximate surface area is 289 Å². The predicted molar refractivity (Wildman–Crippen MR) is 139 cm³/mol. The van der Waals surface area contributed by atoms with Gasteiger partial charge in [-0.15, -0.1) is 0 Å². The third kappa shape index (κ3) is 7.43. The zero-order valence-corrected chi connectivity index (χ0v) is 25.3. The highest BCUT2D eigenvalue weighted by molar-refractivity contribution is 6.00. The molecule has 2 aliphatic heterocycles. The second-order valence-electron chi connectivity index (χ2n) is 11.2. The highest BCUT2D eigenvalue weighted by Gasteiger charge is 2.54. The van der Waals surface area contributed by atoms with Gasteiger partial charge in [0.15, 0.2) is 0 Å². The van der Waals surface area contributed by atoms with E-state index >= 15 is 0 Å². The molecule has 306 valence electrons. The molecule has 0 aliphatic carbocycles. The minimum Gasteiger partial charge on any atom is -0.354 e. The minimum atomic E-state index is -6.51. The van der Waals surface area contributed by atoms with Gasteiger partial charge in [-0.3, -0.25) is 0 Å². The average molecular weight is 854 g/mol. The molecule has 0 spiro atoms. The van der Waals surface area contributed by atoms with E-state index in [2.05, 4.69) is 9.97 Å². The lowest BCUT2D eigenvalue weighted by Gasteiger charge is -2.15. The second-order valence-corrected chi connectivity index (χ2v) is 11.2. The quantitative estimate of drug-likeness (QED) is 0.221. The first-order chi connectivity index (χ1) is 24.8. The number of H-pyrrole nitrogens is 2. The van der Waals surface area contributed by atoms with Crippen LogP contribution in [0.1, 0.15) is 45.0 Å². The molecule has 0 atom stereocenters. The molecule has 3 aromatic heterocycles. The van der Waals surface area contributed by atoms with Crippen molar-refractivity contribution in [3.8, 4) is 0 Å². The Hall–Kier alpha value is -5.08. The molecule has 28 heteroatoms. The van der Waals surface area contributed by atoms with E-state index in [1.165, 1.54) is 0 Å². The van der Waals surface area contributed by atoms with Gasteiger partial charge in [-0.05, 0) is 24.3 Å². The van der Waals surface area contributed by atoms with Crippen LogP contribution < -0.4 is 0 Å². The van der Waals surface area contributed by atoms with E-state index in [9.17, 15) is 105 Å². The molecule has 0 saturated carbocycles. The zero-order chi connectivity index (χ0) is 42.9. The zero-order valence-electron chi connectivity index (χ0n) is 25.3. The van der Waals surface area contributed by atoms with Crippen molar-refractivity contribution < 1.29 is 105 Å². The van der Waals surface area contributed by atoms with Crippen LogP contribution in [0.25, 0.3) is 44.4 Å². The Morgan fingerprint density at radius 1 is 0.268 bits per heavy atom. The molecule has 0 amide bonds. The van der Waals surface area contributed by atoms with E-state index < -0.39 is 163 Å². The van der Waals surface area contributed by atoms with Crippen molar-refractivity contribution in [2.45, 2.75) is 49.4 Å². The number of hydrogen-bond donors (Lipinski definition) is 2. The van der Waals surface area contributed by atoms with Crippen LogP contribution in [0, 0.1) is 0 Å². The monoisotopic (exact) mass is 854 g/mol. The van der Waals surface area contributed by atoms with E-state index in [1.54, 1.807) is 0 Å². The molecule has 2 N–H and O–H groups in total. The molecular formula is C28H6F24N4. The normalized spacial score (nSPS) is 15.7. The summed E-state index contributed by atoms with van der Waals surface area (Å²) in [5.41, 5.74) is -45.4. The third-order valence-electron chi connectivity index (χ3n) is 7.51. The fourth-order valence-corrected chi connectivity index (χ4v) is 5.80. The summed E-state index contributed by atoms with van der Waals surface area (Å²) >= 11 is 0. The summed E-state index contributed by atoms with van der Waals surface area (Å²) < 4.78 is 341. The molecule has 4 nitrogen and oxygen atoms in total. The lowest BCUT2D eigenvalue weighted by atomic mass is 10.0. The maximum absolute atomic E-state index is 14.2. The van der Waals surface area contributed by atoms with Gasteiger partial charge in [0, 0.05) is 0 Å². The Kier molecular flexibility index (Phi) is 9.17. The van der Waals surface area contributed by atoms with E-state index in [0.717, 1.165) is 9.97 Å². The van der Waals surface area contributed by atoms with Crippen molar-refractivity contribution in [1.29, 1.82) is 0 Å². The van der Waals surface area contributed by atoms with E-state index in [-0.39, 0.29) is 0 Å². The molecule has 0 aromatic carbocycles. The molecule has 8 bridgehead atoms. The summed E-state index contributed by atoms with van der Waals surface area (Å²) in [6.07, 6.45) is -52.0. The maximum Gasteiger partial charge on any atom is 0.419 e. The first-order valence-corrected chi connectivity index (χ1v) is 13.7. The van der Waals surface area contributed by atoms with Gasteiger partial charge in [0.05, 0.1) is 89.4 Å². The number of allylic oxidation sites excluding steroid dienone is 4. The molecule has 3 aromatic rings. The summed E-state index contributed by atoms with van der Waals surface area (Å²) in [7, 11) is 0. The smallest absolute Gasteiger partial charge is 0.354 e. The summed E-state index contributed by atoms with van der Waals surface area (Å²) in [6.45, 7) is 0. The Morgan fingerprint density at radius 2 is 0.464 bits per heavy atom. The lowest BCUT2D eigenvalue weighted by molar-refractivity contribution is -0.159. The molecule has 0 radical (unpaired) electrons. The fraction of sp³-hybridized carbons (Fsp3) is 0.286. The van der Waals surface area contributed by atoms with Gasteiger partial charge in [-0.2, -0.15) is 105 Å². The van der Waals surface area contributed by atoms with Gasteiger partial charge in [0.1, 0.15) is 0 Å². The Bertz CT molecular complexity index is 2180. The highest BCUT2D eigenvalue weighted by atomic mass is 19.4. The minimum absolute atomic E-state index is 0.824. The van der Waals surface area contributed by atoms with Crippen molar-refractivity contribution in [2.24, 2.45) is 0 Å². The number of rotatable bonds is 0. The van der Waals surface area contributed by atoms with Crippen molar-refractivity contribution in [2.75, 3.05) is 0 Å². The molecule has 5 heterocycles. The first-order valence-electron chi connectivity index (χ1n) is 13.7. The van der Waals surface area contributed by atoms with Gasteiger partial charge in [-0.25, -0.2) is 9.97 Å². The van der Waals surface area contributed by atoms with Gasteiger partial charge >= 0.3 is 49.4 Å². The maximum atomic E-state index is 14.2. The average Bonchev–Trinajstić information content (AvgIpc) is 3.67. The third-order valence-corrected chi connectivity index (χ3v) is 7.51. The van der Waals surface area contributed by atoms with Crippen LogP contribution in [-0.4, -0.2) is 44.6 Å². The van der Waals surface area contributed by atoms with E-state index in [4.69, 9.17) is 0 Å². The Morgan fingerprint density at radius 3 is 0.661 bits per heavy atom. The van der Waals surface area contributed by atoms with Crippen LogP contribution in [-0.2, 0) is 24.7 Å². The van der Waals surface area contributed by atoms with Crippen LogP contribution in [0.15, 0.2) is 24.3 Å². The summed E-state index contributed by atoms with van der Waals surface area (Å²) in [5.74, 6) is 0. The number of alkyl halides is 24. The van der Waals surface area contributed by atoms with Gasteiger partial charge in [0.25, 0.3) is 0 Å². The van der Waals surface area contributed by atoms with E-state index in [1.807, 2.05) is 0 Å². The molecule has 5 rings (SSSR count). The van der Waals surface area contributed by atoms with Crippen molar-refractivity contribution in [3.63, 3.8) is 0 Å². The molecule has 2 aliphatic rings. The molecule has 0 unspecified atom stereocenters. The number of aromatic nitrogens is 4. The SMILES string of the molecule is FC(F)(F)C1=C(C(F)(F)F)c2cc3[nH]c(cc4[nH]c(cc5nc(cc1n2)C(C(F)(F)F)=C5C(F)(F)F)c(C(F)(F)F)c4C(F)(F)F)c(C(F)(F)F)c3C(F)(F)F. The number of nitrogens with zero attached hydrogens (tertiary/aromatic N) is 2. The number of fused-ring (bicyclic) bond motifs is 8. The molecular weight excluding hydrogens is 848 g/mol. The van der Waals surface area contributed by atoms with Crippen LogP contribution in [0.5, 0.6) is 0 Å². The van der Waals surface area contributed by atoms with Crippen LogP contribution in [0.3, 0.4) is 0 Å². The van der Waals surface area contributed by atoms with Crippen LogP contribution >= 0.6 is 0 Å². The summed E-state index contributed by atoms with van der Waals surface area (Å²) in [6, 6.07) is -3.48. The molecule has 0 saturated heterocycles. The van der Waals surface area contributed by atoms with Crippen molar-refractivity contribution in [1.82, 2.24) is 19.9 Å². The summed E-state index contributed by atoms with van der Waals surface area (Å²) in [4.78, 5) is 7.36. The second kappa shape index (κ2) is 12.2. The number of aromatic amines is 2. The summed E-state index contributed by atoms with van der Waals surface area (Å²) in [5, 5.41) is 0. The predicted octanol–water partition coefficient (Wildman–Crippen LogP) is 12.5. The number of hydrogen-bond acceptors (Lipinski definition) is 2. The van der Waals surface area contributed by atoms with Crippen LogP contribution in [0.2, 0.25) is 0 Å². The van der Waals surface area contributed by atoms with E-state index in [0.29, 0.717) is 0 Å². The number of nitrogens with one attached hydrogen (secondary N) is 2. The lowest BCUT2D eigenvalue weighted by Crippen LogP contribution is -2.19. The highest BCUT2D eigenvalue weighted by Crippen LogP contribution is 2.54. The van der Waals surface area contributed by atoms with Crippen molar-refractivity contribution in [3.05, 3.63) is 69.3 Å². The van der Waals surface area contributed by atoms with Gasteiger partial charge < -0.3 is 9.97 Å². The first kappa shape index (κ1) is 42.1. The standard InChI is InChI=1S/C28H6F24N4/c29-21(30,31)13-5-1-6-14(22(32,33)34)16(24(38,39)40)8(54-6)3-10-18(26(44,45)46)20(28(50,51)52)12(56-10)4-11-19(27(47,48)49)17(25(41,42)43)9(55-11)2-7(53-5)15(13)23(35,36)37/h1-4,53-54H. The van der Waals surface area contributed by atoms with Crippen LogP contribution in [0.4, 0.5) is 105 Å². The molecule has 56 heavy (non-hydrogen) atoms. The number of halogens is 24.